The van der Waals surface area contributed by atoms with Crippen molar-refractivity contribution in [3.05, 3.63) is 88.9 Å². The lowest BCUT2D eigenvalue weighted by Gasteiger charge is -2.29. The Morgan fingerprint density at radius 3 is 2.34 bits per heavy atom. The molecule has 0 fully saturated rings. The van der Waals surface area contributed by atoms with Gasteiger partial charge in [0.15, 0.2) is 0 Å². The van der Waals surface area contributed by atoms with Crippen molar-refractivity contribution in [1.29, 1.82) is 0 Å². The highest BCUT2D eigenvalue weighted by molar-refractivity contribution is 7.87. The zero-order chi connectivity index (χ0) is 25.6. The van der Waals surface area contributed by atoms with Crippen LogP contribution in [0.2, 0.25) is 5.02 Å². The van der Waals surface area contributed by atoms with E-state index in [9.17, 15) is 18.0 Å². The van der Waals surface area contributed by atoms with Crippen LogP contribution in [-0.2, 0) is 21.5 Å². The molecule has 1 atom stereocenters. The molecule has 1 N–H and O–H groups in total. The predicted molar refractivity (Wildman–Crippen MR) is 136 cm³/mol. The molecule has 0 radical (unpaired) electrons. The van der Waals surface area contributed by atoms with E-state index in [1.165, 1.54) is 37.3 Å². The molecule has 0 aliphatic heterocycles. The summed E-state index contributed by atoms with van der Waals surface area (Å²) >= 11 is 6.25. The molecule has 2 amide bonds. The zero-order valence-corrected chi connectivity index (χ0v) is 21.3. The summed E-state index contributed by atoms with van der Waals surface area (Å²) in [5, 5.41) is 2.96. The van der Waals surface area contributed by atoms with Gasteiger partial charge in [-0.3, -0.25) is 9.59 Å². The number of carbonyl (C=O) groups is 2. The van der Waals surface area contributed by atoms with E-state index in [4.69, 9.17) is 15.8 Å². The van der Waals surface area contributed by atoms with Gasteiger partial charge in [-0.1, -0.05) is 42.8 Å². The maximum absolute atomic E-state index is 13.3. The molecule has 0 saturated heterocycles. The maximum atomic E-state index is 13.3. The Balaban J connectivity index is 1.81. The second-order valence-corrected chi connectivity index (χ2v) is 10.0. The Hall–Kier alpha value is -3.36. The SMILES string of the molecule is CC[C@@H](C)N(Cc1cccc(OS(=O)(=O)c2ccc(NC(C)=O)cc2)c1)C(=O)c1ccccc1Cl. The number of rotatable bonds is 9. The fraction of sp³-hybridized carbons (Fsp3) is 0.231. The predicted octanol–water partition coefficient (Wildman–Crippen LogP) is 5.51. The third-order valence-corrected chi connectivity index (χ3v) is 7.00. The molecule has 35 heavy (non-hydrogen) atoms. The van der Waals surface area contributed by atoms with Gasteiger partial charge in [-0.2, -0.15) is 8.42 Å². The molecule has 0 heterocycles. The van der Waals surface area contributed by atoms with E-state index in [2.05, 4.69) is 5.32 Å². The summed E-state index contributed by atoms with van der Waals surface area (Å²) in [5.74, 6) is -0.334. The molecule has 3 rings (SSSR count). The van der Waals surface area contributed by atoms with Gasteiger partial charge in [0.1, 0.15) is 10.6 Å². The molecule has 9 heteroatoms. The molecule has 0 aromatic heterocycles. The quantitative estimate of drug-likeness (QED) is 0.380. The number of amides is 2. The van der Waals surface area contributed by atoms with Gasteiger partial charge in [-0.05, 0) is 67.4 Å². The van der Waals surface area contributed by atoms with Crippen LogP contribution >= 0.6 is 11.6 Å². The lowest BCUT2D eigenvalue weighted by Crippen LogP contribution is -2.38. The number of nitrogens with zero attached hydrogens (tertiary/aromatic N) is 1. The second-order valence-electron chi connectivity index (χ2n) is 8.06. The van der Waals surface area contributed by atoms with Crippen LogP contribution in [0.15, 0.2) is 77.7 Å². The van der Waals surface area contributed by atoms with Crippen molar-refractivity contribution < 1.29 is 22.2 Å². The van der Waals surface area contributed by atoms with E-state index in [0.717, 1.165) is 6.42 Å². The van der Waals surface area contributed by atoms with Crippen LogP contribution < -0.4 is 9.50 Å². The zero-order valence-electron chi connectivity index (χ0n) is 19.7. The van der Waals surface area contributed by atoms with Crippen LogP contribution in [-0.4, -0.2) is 31.2 Å². The molecule has 0 aliphatic rings. The first kappa shape index (κ1) is 26.2. The average Bonchev–Trinajstić information content (AvgIpc) is 2.82. The van der Waals surface area contributed by atoms with Gasteiger partial charge in [0.25, 0.3) is 5.91 Å². The minimum absolute atomic E-state index is 0.0489. The summed E-state index contributed by atoms with van der Waals surface area (Å²) in [5.41, 5.74) is 1.60. The Morgan fingerprint density at radius 2 is 1.71 bits per heavy atom. The van der Waals surface area contributed by atoms with Crippen molar-refractivity contribution in [2.24, 2.45) is 0 Å². The molecule has 0 saturated carbocycles. The molecule has 7 nitrogen and oxygen atoms in total. The van der Waals surface area contributed by atoms with Crippen molar-refractivity contribution in [3.63, 3.8) is 0 Å². The number of hydrogen-bond acceptors (Lipinski definition) is 5. The fourth-order valence-corrected chi connectivity index (χ4v) is 4.55. The molecule has 0 bridgehead atoms. The van der Waals surface area contributed by atoms with Gasteiger partial charge in [0.05, 0.1) is 10.6 Å². The first-order valence-electron chi connectivity index (χ1n) is 11.1. The number of halogens is 1. The number of benzene rings is 3. The summed E-state index contributed by atoms with van der Waals surface area (Å²) in [4.78, 5) is 26.1. The molecule has 0 unspecified atom stereocenters. The van der Waals surface area contributed by atoms with Crippen LogP contribution in [0.1, 0.15) is 43.1 Å². The van der Waals surface area contributed by atoms with Crippen LogP contribution in [0.25, 0.3) is 0 Å². The Labute approximate surface area is 210 Å². The van der Waals surface area contributed by atoms with Crippen LogP contribution in [0.3, 0.4) is 0 Å². The molecule has 0 aliphatic carbocycles. The largest absolute Gasteiger partial charge is 0.379 e. The summed E-state index contributed by atoms with van der Waals surface area (Å²) in [6.45, 7) is 5.55. The van der Waals surface area contributed by atoms with E-state index in [0.29, 0.717) is 21.8 Å². The van der Waals surface area contributed by atoms with Gasteiger partial charge in [-0.25, -0.2) is 0 Å². The number of anilines is 1. The first-order valence-corrected chi connectivity index (χ1v) is 12.9. The molecular formula is C26H27ClN2O5S. The number of nitrogens with one attached hydrogen (secondary N) is 1. The van der Waals surface area contributed by atoms with Gasteiger partial charge in [-0.15, -0.1) is 0 Å². The Kier molecular flexibility index (Phi) is 8.53. The minimum Gasteiger partial charge on any atom is -0.379 e. The Bertz CT molecular complexity index is 1310. The highest BCUT2D eigenvalue weighted by atomic mass is 35.5. The molecule has 184 valence electrons. The summed E-state index contributed by atoms with van der Waals surface area (Å²) in [6, 6.07) is 19.1. The summed E-state index contributed by atoms with van der Waals surface area (Å²) < 4.78 is 30.9. The minimum atomic E-state index is -4.10. The summed E-state index contributed by atoms with van der Waals surface area (Å²) in [6.07, 6.45) is 0.731. The molecular weight excluding hydrogens is 488 g/mol. The van der Waals surface area contributed by atoms with Gasteiger partial charge >= 0.3 is 10.1 Å². The first-order chi connectivity index (χ1) is 16.6. The third-order valence-electron chi connectivity index (χ3n) is 5.41. The van der Waals surface area contributed by atoms with E-state index >= 15 is 0 Å². The van der Waals surface area contributed by atoms with Crippen molar-refractivity contribution >= 4 is 39.2 Å². The standard InChI is InChI=1S/C26H27ClN2O5S/c1-4-18(2)29(26(31)24-10-5-6-11-25(24)27)17-20-8-7-9-22(16-20)34-35(32,33)23-14-12-21(13-15-23)28-19(3)30/h5-16,18H,4,17H2,1-3H3,(H,28,30)/t18-/m1/s1. The molecule has 3 aromatic rings. The van der Waals surface area contributed by atoms with E-state index in [1.54, 1.807) is 47.4 Å². The van der Waals surface area contributed by atoms with Crippen molar-refractivity contribution in [2.45, 2.75) is 44.7 Å². The van der Waals surface area contributed by atoms with Crippen LogP contribution in [0, 0.1) is 0 Å². The lowest BCUT2D eigenvalue weighted by molar-refractivity contribution is -0.114. The van der Waals surface area contributed by atoms with Crippen LogP contribution in [0.5, 0.6) is 5.75 Å². The topological polar surface area (TPSA) is 92.8 Å². The fourth-order valence-electron chi connectivity index (χ4n) is 3.41. The van der Waals surface area contributed by atoms with Crippen molar-refractivity contribution in [1.82, 2.24) is 4.90 Å². The van der Waals surface area contributed by atoms with Crippen molar-refractivity contribution in [3.8, 4) is 5.75 Å². The van der Waals surface area contributed by atoms with Gasteiger partial charge in [0, 0.05) is 25.2 Å². The normalized spacial score (nSPS) is 12.0. The average molecular weight is 515 g/mol. The number of carbonyl (C=O) groups excluding carboxylic acids is 2. The Morgan fingerprint density at radius 1 is 1.03 bits per heavy atom. The highest BCUT2D eigenvalue weighted by Gasteiger charge is 2.23. The van der Waals surface area contributed by atoms with Crippen LogP contribution in [0.4, 0.5) is 5.69 Å². The highest BCUT2D eigenvalue weighted by Crippen LogP contribution is 2.24. The van der Waals surface area contributed by atoms with Gasteiger partial charge < -0.3 is 14.4 Å². The van der Waals surface area contributed by atoms with E-state index < -0.39 is 10.1 Å². The lowest BCUT2D eigenvalue weighted by atomic mass is 10.1. The molecule has 3 aromatic carbocycles. The van der Waals surface area contributed by atoms with Crippen molar-refractivity contribution in [2.75, 3.05) is 5.32 Å². The monoisotopic (exact) mass is 514 g/mol. The second kappa shape index (κ2) is 11.4. The van der Waals surface area contributed by atoms with Gasteiger partial charge in [0.2, 0.25) is 5.91 Å². The van der Waals surface area contributed by atoms with E-state index in [1.807, 2.05) is 13.8 Å². The summed E-state index contributed by atoms with van der Waals surface area (Å²) in [7, 11) is -4.10. The molecule has 0 spiro atoms. The van der Waals surface area contributed by atoms with E-state index in [-0.39, 0.29) is 35.0 Å². The number of hydrogen-bond donors (Lipinski definition) is 1. The third kappa shape index (κ3) is 6.83. The smallest absolute Gasteiger partial charge is 0.339 e. The maximum Gasteiger partial charge on any atom is 0.339 e.